The lowest BCUT2D eigenvalue weighted by molar-refractivity contribution is 0.0980. The van der Waals surface area contributed by atoms with Crippen molar-refractivity contribution in [2.75, 3.05) is 20.4 Å². The van der Waals surface area contributed by atoms with Crippen molar-refractivity contribution >= 4 is 26.0 Å². The lowest BCUT2D eigenvalue weighted by Crippen LogP contribution is -2.33. The molecule has 0 fully saturated rings. The zero-order chi connectivity index (χ0) is 15.6. The van der Waals surface area contributed by atoms with Gasteiger partial charge in [-0.05, 0) is 17.0 Å². The first-order valence-electron chi connectivity index (χ1n) is 5.25. The molecule has 10 heteroatoms. The van der Waals surface area contributed by atoms with Crippen molar-refractivity contribution in [3.8, 4) is 0 Å². The molecule has 20 heavy (non-hydrogen) atoms. The number of amides is 1. The lowest BCUT2D eigenvalue weighted by Gasteiger charge is -2.12. The molecule has 1 aromatic rings. The lowest BCUT2D eigenvalue weighted by atomic mass is 10.4. The van der Waals surface area contributed by atoms with Gasteiger partial charge in [-0.1, -0.05) is 12.1 Å². The number of benzene rings is 1. The number of rotatable bonds is 4. The Morgan fingerprint density at radius 3 is 2.05 bits per heavy atom. The van der Waals surface area contributed by atoms with Crippen LogP contribution in [0.3, 0.4) is 0 Å². The van der Waals surface area contributed by atoms with Crippen LogP contribution in [0.2, 0.25) is 0 Å². The van der Waals surface area contributed by atoms with Crippen molar-refractivity contribution in [3.05, 3.63) is 24.3 Å². The Labute approximate surface area is 117 Å². The summed E-state index contributed by atoms with van der Waals surface area (Å²) in [7, 11) is -5.32. The molecule has 1 N–H and O–H groups in total. The molecule has 0 aliphatic carbocycles. The summed E-state index contributed by atoms with van der Waals surface area (Å²) in [5.41, 5.74) is 0. The molecule has 1 amide bonds. The van der Waals surface area contributed by atoms with Gasteiger partial charge >= 0.3 is 6.09 Å². The molecule has 1 rings (SSSR count). The second-order valence-corrected chi connectivity index (χ2v) is 7.67. The Bertz CT molecular complexity index is 709. The Morgan fingerprint density at radius 1 is 1.10 bits per heavy atom. The summed E-state index contributed by atoms with van der Waals surface area (Å²) in [5, 5.41) is 0. The number of carbonyl (C=O) groups is 1. The third-order valence-electron chi connectivity index (χ3n) is 2.14. The van der Waals surface area contributed by atoms with Gasteiger partial charge in [0.05, 0.1) is 4.90 Å². The van der Waals surface area contributed by atoms with Crippen molar-refractivity contribution in [3.63, 3.8) is 0 Å². The van der Waals surface area contributed by atoms with Gasteiger partial charge in [-0.15, -0.1) is 0 Å². The minimum atomic E-state index is -4.30. The first kappa shape index (κ1) is 16.4. The van der Waals surface area contributed by atoms with Crippen LogP contribution in [0.4, 0.5) is 4.79 Å². The van der Waals surface area contributed by atoms with Gasteiger partial charge in [-0.2, -0.15) is 0 Å². The molecular formula is C10H14N2O6S2. The summed E-state index contributed by atoms with van der Waals surface area (Å²) in [5.74, 6) is 0. The fourth-order valence-electron chi connectivity index (χ4n) is 1.21. The maximum Gasteiger partial charge on any atom is 0.429 e. The van der Waals surface area contributed by atoms with E-state index in [0.717, 1.165) is 23.3 Å². The standard InChI is InChI=1S/C10H14N2O6S2/c1-12(2)10(13)18-11-20(16,17)9-7-5-4-6-8(9)19(3,14)15/h4-7,11H,1-3H3. The largest absolute Gasteiger partial charge is 0.429 e. The van der Waals surface area contributed by atoms with Crippen molar-refractivity contribution in [2.45, 2.75) is 9.79 Å². The highest BCUT2D eigenvalue weighted by Gasteiger charge is 2.25. The van der Waals surface area contributed by atoms with Crippen molar-refractivity contribution in [1.82, 2.24) is 9.79 Å². The monoisotopic (exact) mass is 322 g/mol. The molecule has 0 radical (unpaired) electrons. The van der Waals surface area contributed by atoms with E-state index in [-0.39, 0.29) is 4.90 Å². The Balaban J connectivity index is 3.15. The van der Waals surface area contributed by atoms with Gasteiger partial charge in [0.1, 0.15) is 4.90 Å². The highest BCUT2D eigenvalue weighted by molar-refractivity contribution is 7.93. The van der Waals surface area contributed by atoms with Gasteiger partial charge < -0.3 is 9.74 Å². The molecule has 0 heterocycles. The molecule has 0 spiro atoms. The van der Waals surface area contributed by atoms with Crippen LogP contribution in [0, 0.1) is 0 Å². The average molecular weight is 322 g/mol. The second kappa shape index (κ2) is 5.77. The summed E-state index contributed by atoms with van der Waals surface area (Å²) in [6.45, 7) is 0. The van der Waals surface area contributed by atoms with Crippen LogP contribution in [0.1, 0.15) is 0 Å². The number of hydrogen-bond donors (Lipinski definition) is 1. The minimum Gasteiger partial charge on any atom is -0.338 e. The molecule has 0 aromatic heterocycles. The normalized spacial score (nSPS) is 11.9. The second-order valence-electron chi connectivity index (χ2n) is 4.07. The third-order valence-corrected chi connectivity index (χ3v) is 4.66. The van der Waals surface area contributed by atoms with Crippen LogP contribution in [-0.2, 0) is 24.7 Å². The Kier molecular flexibility index (Phi) is 4.73. The quantitative estimate of drug-likeness (QED) is 0.780. The maximum atomic E-state index is 12.0. The molecule has 0 saturated heterocycles. The van der Waals surface area contributed by atoms with Crippen LogP contribution in [0.15, 0.2) is 34.1 Å². The van der Waals surface area contributed by atoms with E-state index >= 15 is 0 Å². The zero-order valence-corrected chi connectivity index (χ0v) is 12.7. The van der Waals surface area contributed by atoms with Crippen LogP contribution in [0.5, 0.6) is 0 Å². The highest BCUT2D eigenvalue weighted by atomic mass is 32.2. The van der Waals surface area contributed by atoms with E-state index in [0.29, 0.717) is 0 Å². The van der Waals surface area contributed by atoms with E-state index < -0.39 is 30.8 Å². The van der Waals surface area contributed by atoms with Gasteiger partial charge in [0, 0.05) is 20.4 Å². The molecular weight excluding hydrogens is 308 g/mol. The Hall–Kier alpha value is -1.65. The van der Waals surface area contributed by atoms with Gasteiger partial charge in [0.15, 0.2) is 9.84 Å². The summed E-state index contributed by atoms with van der Waals surface area (Å²) >= 11 is 0. The molecule has 0 unspecified atom stereocenters. The molecule has 0 aliphatic heterocycles. The molecule has 8 nitrogen and oxygen atoms in total. The van der Waals surface area contributed by atoms with Gasteiger partial charge in [-0.3, -0.25) is 0 Å². The molecule has 0 saturated carbocycles. The first-order chi connectivity index (χ1) is 9.05. The number of nitrogens with one attached hydrogen (secondary N) is 1. The summed E-state index contributed by atoms with van der Waals surface area (Å²) < 4.78 is 47.0. The van der Waals surface area contributed by atoms with Crippen LogP contribution in [-0.4, -0.2) is 48.2 Å². The van der Waals surface area contributed by atoms with E-state index in [9.17, 15) is 21.6 Å². The summed E-state index contributed by atoms with van der Waals surface area (Å²) in [6.07, 6.45) is -0.0573. The number of hydrogen-bond acceptors (Lipinski definition) is 6. The fourth-order valence-corrected chi connectivity index (χ4v) is 3.61. The van der Waals surface area contributed by atoms with Crippen LogP contribution < -0.4 is 4.89 Å². The van der Waals surface area contributed by atoms with Crippen molar-refractivity contribution < 1.29 is 26.5 Å². The fraction of sp³-hybridized carbons (Fsp3) is 0.300. The number of sulfone groups is 1. The number of carbonyl (C=O) groups excluding carboxylic acids is 1. The minimum absolute atomic E-state index is 0.381. The van der Waals surface area contributed by atoms with Crippen molar-refractivity contribution in [1.29, 1.82) is 0 Å². The van der Waals surface area contributed by atoms with Gasteiger partial charge in [-0.25, -0.2) is 21.6 Å². The molecule has 0 aliphatic rings. The Morgan fingerprint density at radius 2 is 1.60 bits per heavy atom. The number of sulfonamides is 1. The predicted octanol–water partition coefficient (Wildman–Crippen LogP) is -0.0184. The molecule has 0 bridgehead atoms. The topological polar surface area (TPSA) is 110 Å². The highest BCUT2D eigenvalue weighted by Crippen LogP contribution is 2.20. The summed E-state index contributed by atoms with van der Waals surface area (Å²) in [4.78, 5) is 17.2. The smallest absolute Gasteiger partial charge is 0.338 e. The van der Waals surface area contributed by atoms with E-state index in [4.69, 9.17) is 0 Å². The van der Waals surface area contributed by atoms with E-state index in [2.05, 4.69) is 4.84 Å². The zero-order valence-electron chi connectivity index (χ0n) is 11.0. The number of nitrogens with zero attached hydrogens (tertiary/aromatic N) is 1. The van der Waals surface area contributed by atoms with Gasteiger partial charge in [0.25, 0.3) is 10.0 Å². The van der Waals surface area contributed by atoms with Crippen LogP contribution in [0.25, 0.3) is 0 Å². The van der Waals surface area contributed by atoms with E-state index in [1.807, 2.05) is 0 Å². The molecule has 0 atom stereocenters. The molecule has 112 valence electrons. The SMILES string of the molecule is CN(C)C(=O)ONS(=O)(=O)c1ccccc1S(C)(=O)=O. The maximum absolute atomic E-state index is 12.0. The van der Waals surface area contributed by atoms with E-state index in [1.54, 1.807) is 4.89 Å². The molecule has 1 aromatic carbocycles. The summed E-state index contributed by atoms with van der Waals surface area (Å²) in [6, 6.07) is 5.00. The first-order valence-corrected chi connectivity index (χ1v) is 8.62. The third kappa shape index (κ3) is 3.92. The predicted molar refractivity (Wildman–Crippen MR) is 70.0 cm³/mol. The average Bonchev–Trinajstić information content (AvgIpc) is 2.35. The van der Waals surface area contributed by atoms with E-state index in [1.165, 1.54) is 26.2 Å². The van der Waals surface area contributed by atoms with Crippen molar-refractivity contribution in [2.24, 2.45) is 0 Å². The van der Waals surface area contributed by atoms with Gasteiger partial charge in [0.2, 0.25) is 0 Å². The van der Waals surface area contributed by atoms with Crippen LogP contribution >= 0.6 is 0 Å².